The van der Waals surface area contributed by atoms with E-state index in [4.69, 9.17) is 9.47 Å². The van der Waals surface area contributed by atoms with Crippen molar-refractivity contribution in [3.63, 3.8) is 0 Å². The third kappa shape index (κ3) is 6.37. The molecule has 24 heavy (non-hydrogen) atoms. The summed E-state index contributed by atoms with van der Waals surface area (Å²) in [5, 5.41) is 0. The highest BCUT2D eigenvalue weighted by Crippen LogP contribution is 2.27. The quantitative estimate of drug-likeness (QED) is 0.688. The highest BCUT2D eigenvalue weighted by molar-refractivity contribution is 7.89. The molecule has 0 saturated heterocycles. The van der Waals surface area contributed by atoms with Crippen LogP contribution in [0.25, 0.3) is 0 Å². The molecule has 0 atom stereocenters. The van der Waals surface area contributed by atoms with Crippen molar-refractivity contribution in [3.05, 3.63) is 41.5 Å². The molecule has 0 aliphatic rings. The van der Waals surface area contributed by atoms with Crippen molar-refractivity contribution in [2.45, 2.75) is 38.5 Å². The summed E-state index contributed by atoms with van der Waals surface area (Å²) in [6.45, 7) is 6.37. The van der Waals surface area contributed by atoms with Gasteiger partial charge in [0.1, 0.15) is 16.4 Å². The molecule has 0 radical (unpaired) electrons. The van der Waals surface area contributed by atoms with Crippen molar-refractivity contribution in [3.8, 4) is 11.5 Å². The average Bonchev–Trinajstić information content (AvgIpc) is 2.53. The molecule has 134 valence electrons. The normalized spacial score (nSPS) is 12.0. The predicted molar refractivity (Wildman–Crippen MR) is 97.2 cm³/mol. The zero-order chi connectivity index (χ0) is 18.2. The van der Waals surface area contributed by atoms with Crippen LogP contribution in [0, 0.1) is 0 Å². The molecule has 0 heterocycles. The van der Waals surface area contributed by atoms with E-state index >= 15 is 0 Å². The van der Waals surface area contributed by atoms with Crippen LogP contribution in [0.15, 0.2) is 46.4 Å². The molecule has 5 nitrogen and oxygen atoms in total. The van der Waals surface area contributed by atoms with Crippen LogP contribution in [0.4, 0.5) is 0 Å². The minimum Gasteiger partial charge on any atom is -0.497 e. The molecular formula is C18H27NO4S. The third-order valence-electron chi connectivity index (χ3n) is 3.48. The Hall–Kier alpha value is -1.79. The maximum Gasteiger partial charge on any atom is 0.244 e. The molecule has 0 aromatic heterocycles. The zero-order valence-corrected chi connectivity index (χ0v) is 15.9. The fourth-order valence-corrected chi connectivity index (χ4v) is 3.23. The first-order valence-electron chi connectivity index (χ1n) is 7.81. The van der Waals surface area contributed by atoms with Crippen molar-refractivity contribution < 1.29 is 17.9 Å². The minimum atomic E-state index is -3.68. The van der Waals surface area contributed by atoms with Gasteiger partial charge in [-0.3, -0.25) is 0 Å². The number of sulfonamides is 1. The van der Waals surface area contributed by atoms with Crippen LogP contribution in [0.2, 0.25) is 0 Å². The fourth-order valence-electron chi connectivity index (χ4n) is 2.09. The number of hydrogen-bond acceptors (Lipinski definition) is 4. The van der Waals surface area contributed by atoms with Crippen LogP contribution in [-0.2, 0) is 10.0 Å². The van der Waals surface area contributed by atoms with Crippen molar-refractivity contribution in [2.24, 2.45) is 0 Å². The molecule has 1 aromatic carbocycles. The number of rotatable bonds is 9. The summed E-state index contributed by atoms with van der Waals surface area (Å²) < 4.78 is 37.8. The first-order valence-corrected chi connectivity index (χ1v) is 9.29. The van der Waals surface area contributed by atoms with Gasteiger partial charge in [-0.25, -0.2) is 13.1 Å². The molecular weight excluding hydrogens is 326 g/mol. The van der Waals surface area contributed by atoms with Crippen molar-refractivity contribution in [1.82, 2.24) is 4.72 Å². The summed E-state index contributed by atoms with van der Waals surface area (Å²) in [6, 6.07) is 4.69. The van der Waals surface area contributed by atoms with E-state index in [9.17, 15) is 8.42 Å². The van der Waals surface area contributed by atoms with Gasteiger partial charge in [0.2, 0.25) is 10.0 Å². The zero-order valence-electron chi connectivity index (χ0n) is 15.0. The Kier molecular flexibility index (Phi) is 8.01. The van der Waals surface area contributed by atoms with Crippen molar-refractivity contribution in [1.29, 1.82) is 0 Å². The number of nitrogens with one attached hydrogen (secondary N) is 1. The molecule has 0 aliphatic carbocycles. The lowest BCUT2D eigenvalue weighted by Crippen LogP contribution is -2.24. The summed E-state index contributed by atoms with van der Waals surface area (Å²) in [4.78, 5) is 0.0694. The molecule has 0 aliphatic heterocycles. The topological polar surface area (TPSA) is 64.6 Å². The predicted octanol–water partition coefficient (Wildman–Crippen LogP) is 3.67. The molecule has 0 saturated carbocycles. The monoisotopic (exact) mass is 353 g/mol. The Morgan fingerprint density at radius 3 is 2.42 bits per heavy atom. The van der Waals surface area contributed by atoms with Crippen LogP contribution in [-0.4, -0.2) is 29.2 Å². The first kappa shape index (κ1) is 20.3. The van der Waals surface area contributed by atoms with Crippen LogP contribution in [0.3, 0.4) is 0 Å². The van der Waals surface area contributed by atoms with Crippen LogP contribution in [0.1, 0.15) is 33.6 Å². The van der Waals surface area contributed by atoms with Crippen LogP contribution >= 0.6 is 0 Å². The Bertz CT molecular complexity index is 702. The van der Waals surface area contributed by atoms with E-state index in [2.05, 4.69) is 24.6 Å². The summed E-state index contributed by atoms with van der Waals surface area (Å²) >= 11 is 0. The molecule has 0 fully saturated rings. The number of ether oxygens (including phenoxy) is 2. The lowest BCUT2D eigenvalue weighted by atomic mass is 10.1. The Morgan fingerprint density at radius 2 is 1.83 bits per heavy atom. The summed E-state index contributed by atoms with van der Waals surface area (Å²) in [7, 11) is -0.748. The standard InChI is InChI=1S/C18H27NO4S/c1-14(2)7-6-8-15(3)11-12-19-24(20,21)18-13-16(22-4)9-10-17(18)23-5/h7,9-11,13,19H,6,8,12H2,1-5H3/b15-11+. The highest BCUT2D eigenvalue weighted by Gasteiger charge is 2.19. The maximum atomic E-state index is 12.5. The van der Waals surface area contributed by atoms with E-state index in [0.717, 1.165) is 18.4 Å². The molecule has 0 amide bonds. The molecule has 6 heteroatoms. The van der Waals surface area contributed by atoms with Crippen molar-refractivity contribution in [2.75, 3.05) is 20.8 Å². The molecule has 0 unspecified atom stereocenters. The van der Waals surface area contributed by atoms with Gasteiger partial charge < -0.3 is 9.47 Å². The van der Waals surface area contributed by atoms with E-state index in [1.54, 1.807) is 12.1 Å². The van der Waals surface area contributed by atoms with Gasteiger partial charge in [-0.1, -0.05) is 23.3 Å². The maximum absolute atomic E-state index is 12.5. The molecule has 0 bridgehead atoms. The number of hydrogen-bond donors (Lipinski definition) is 1. The smallest absolute Gasteiger partial charge is 0.244 e. The lowest BCUT2D eigenvalue weighted by Gasteiger charge is -2.11. The Morgan fingerprint density at radius 1 is 1.12 bits per heavy atom. The number of allylic oxidation sites excluding steroid dienone is 3. The summed E-state index contributed by atoms with van der Waals surface area (Å²) in [6.07, 6.45) is 5.93. The first-order chi connectivity index (χ1) is 11.3. The Balaban J connectivity index is 2.78. The van der Waals surface area contributed by atoms with Crippen LogP contribution in [0.5, 0.6) is 11.5 Å². The van der Waals surface area contributed by atoms with Gasteiger partial charge in [-0.05, 0) is 45.7 Å². The molecule has 1 N–H and O–H groups in total. The fraction of sp³-hybridized carbons (Fsp3) is 0.444. The highest BCUT2D eigenvalue weighted by atomic mass is 32.2. The lowest BCUT2D eigenvalue weighted by molar-refractivity contribution is 0.392. The third-order valence-corrected chi connectivity index (χ3v) is 4.92. The van der Waals surface area contributed by atoms with Gasteiger partial charge in [0, 0.05) is 12.6 Å². The molecule has 1 rings (SSSR count). The Labute approximate surface area is 145 Å². The minimum absolute atomic E-state index is 0.0694. The molecule has 1 aromatic rings. The largest absolute Gasteiger partial charge is 0.497 e. The number of methoxy groups -OCH3 is 2. The van der Waals surface area contributed by atoms with Gasteiger partial charge in [0.15, 0.2) is 0 Å². The summed E-state index contributed by atoms with van der Waals surface area (Å²) in [5.41, 5.74) is 2.43. The van der Waals surface area contributed by atoms with E-state index in [-0.39, 0.29) is 17.2 Å². The van der Waals surface area contributed by atoms with Gasteiger partial charge >= 0.3 is 0 Å². The van der Waals surface area contributed by atoms with Gasteiger partial charge in [0.05, 0.1) is 14.2 Å². The van der Waals surface area contributed by atoms with E-state index in [0.29, 0.717) is 5.75 Å². The van der Waals surface area contributed by atoms with Crippen LogP contribution < -0.4 is 14.2 Å². The van der Waals surface area contributed by atoms with Gasteiger partial charge in [-0.15, -0.1) is 0 Å². The number of benzene rings is 1. The molecule has 0 spiro atoms. The van der Waals surface area contributed by atoms with Gasteiger partial charge in [0.25, 0.3) is 0 Å². The second-order valence-electron chi connectivity index (χ2n) is 5.74. The van der Waals surface area contributed by atoms with Gasteiger partial charge in [-0.2, -0.15) is 0 Å². The average molecular weight is 353 g/mol. The second kappa shape index (κ2) is 9.49. The SMILES string of the molecule is COc1ccc(OC)c(S(=O)(=O)NC/C=C(\C)CCC=C(C)C)c1. The van der Waals surface area contributed by atoms with E-state index < -0.39 is 10.0 Å². The van der Waals surface area contributed by atoms with Crippen molar-refractivity contribution >= 4 is 10.0 Å². The summed E-state index contributed by atoms with van der Waals surface area (Å²) in [5.74, 6) is 0.747. The second-order valence-corrected chi connectivity index (χ2v) is 7.47. The van der Waals surface area contributed by atoms with E-state index in [1.165, 1.54) is 25.9 Å². The van der Waals surface area contributed by atoms with E-state index in [1.807, 2.05) is 13.0 Å².